The summed E-state index contributed by atoms with van der Waals surface area (Å²) in [5.74, 6) is 0. The Hall–Kier alpha value is -1.23. The zero-order valence-corrected chi connectivity index (χ0v) is 8.31. The summed E-state index contributed by atoms with van der Waals surface area (Å²) in [6, 6.07) is 5.88. The molecule has 0 radical (unpaired) electrons. The fourth-order valence-corrected chi connectivity index (χ4v) is 1.57. The third kappa shape index (κ3) is 4.69. The number of carbonyl (C=O) groups excluding carboxylic acids is 1. The summed E-state index contributed by atoms with van der Waals surface area (Å²) in [7, 11) is 0. The number of halogens is 3. The van der Waals surface area contributed by atoms with E-state index in [0.29, 0.717) is 11.8 Å². The second-order valence-electron chi connectivity index (χ2n) is 2.62. The molecule has 0 aliphatic rings. The van der Waals surface area contributed by atoms with E-state index in [1.165, 1.54) is 30.4 Å². The molecule has 0 saturated carbocycles. The Bertz CT molecular complexity index is 371. The molecule has 1 aromatic carbocycles. The second kappa shape index (κ2) is 5.02. The van der Waals surface area contributed by atoms with Crippen molar-refractivity contribution < 1.29 is 18.0 Å². The number of hydrogen-bond donors (Lipinski definition) is 0. The molecule has 0 unspecified atom stereocenters. The highest BCUT2D eigenvalue weighted by molar-refractivity contribution is 8.00. The molecule has 0 aliphatic heterocycles. The van der Waals surface area contributed by atoms with Crippen molar-refractivity contribution >= 4 is 24.1 Å². The lowest BCUT2D eigenvalue weighted by Gasteiger charge is -2.05. The van der Waals surface area contributed by atoms with E-state index in [0.717, 1.165) is 0 Å². The number of rotatable bonds is 3. The third-order valence-electron chi connectivity index (χ3n) is 1.46. The summed E-state index contributed by atoms with van der Waals surface area (Å²) in [4.78, 5) is 10.1. The molecule has 1 nitrogen and oxygen atoms in total. The number of benzene rings is 1. The van der Waals surface area contributed by atoms with Crippen LogP contribution in [0.1, 0.15) is 5.56 Å². The largest absolute Gasteiger partial charge is 0.446 e. The van der Waals surface area contributed by atoms with Gasteiger partial charge in [0.05, 0.1) is 0 Å². The first-order valence-electron chi connectivity index (χ1n) is 3.99. The van der Waals surface area contributed by atoms with Crippen molar-refractivity contribution in [1.29, 1.82) is 0 Å². The molecule has 0 N–H and O–H groups in total. The Kier molecular flexibility index (Phi) is 3.96. The molecule has 0 spiro atoms. The average molecular weight is 232 g/mol. The molecule has 0 amide bonds. The Morgan fingerprint density at radius 1 is 1.27 bits per heavy atom. The molecule has 15 heavy (non-hydrogen) atoms. The van der Waals surface area contributed by atoms with Crippen LogP contribution in [0.3, 0.4) is 0 Å². The number of alkyl halides is 3. The normalized spacial score (nSPS) is 11.9. The quantitative estimate of drug-likeness (QED) is 0.450. The molecule has 0 atom stereocenters. The highest BCUT2D eigenvalue weighted by Gasteiger charge is 2.28. The Balaban J connectivity index is 2.83. The van der Waals surface area contributed by atoms with Gasteiger partial charge in [-0.05, 0) is 35.5 Å². The van der Waals surface area contributed by atoms with E-state index in [4.69, 9.17) is 0 Å². The van der Waals surface area contributed by atoms with Gasteiger partial charge in [0.1, 0.15) is 6.29 Å². The monoisotopic (exact) mass is 232 g/mol. The molecular weight excluding hydrogens is 225 g/mol. The lowest BCUT2D eigenvalue weighted by atomic mass is 10.2. The molecule has 0 bridgehead atoms. The van der Waals surface area contributed by atoms with E-state index in [2.05, 4.69) is 0 Å². The lowest BCUT2D eigenvalue weighted by molar-refractivity contribution is -0.104. The molecule has 0 saturated heterocycles. The van der Waals surface area contributed by atoms with Crippen LogP contribution in [0, 0.1) is 0 Å². The molecular formula is C10H7F3OS. The van der Waals surface area contributed by atoms with Gasteiger partial charge in [0.2, 0.25) is 0 Å². The Labute approximate surface area is 89.0 Å². The highest BCUT2D eigenvalue weighted by Crippen LogP contribution is 2.36. The molecule has 0 aliphatic carbocycles. The Morgan fingerprint density at radius 2 is 2.00 bits per heavy atom. The van der Waals surface area contributed by atoms with Gasteiger partial charge in [0, 0.05) is 4.90 Å². The van der Waals surface area contributed by atoms with Crippen LogP contribution in [0.5, 0.6) is 0 Å². The van der Waals surface area contributed by atoms with Crippen molar-refractivity contribution in [3.05, 3.63) is 35.9 Å². The second-order valence-corrected chi connectivity index (χ2v) is 3.75. The smallest absolute Gasteiger partial charge is 0.299 e. The predicted octanol–water partition coefficient (Wildman–Crippen LogP) is 3.51. The summed E-state index contributed by atoms with van der Waals surface area (Å²) in [5.41, 5.74) is -3.72. The van der Waals surface area contributed by atoms with Crippen molar-refractivity contribution in [3.8, 4) is 0 Å². The number of allylic oxidation sites excluding steroid dienone is 1. The first-order chi connectivity index (χ1) is 7.01. The highest BCUT2D eigenvalue weighted by atomic mass is 32.2. The SMILES string of the molecule is O=CC=Cc1cccc(SC(F)(F)F)c1. The van der Waals surface area contributed by atoms with Crippen LogP contribution in [0.2, 0.25) is 0 Å². The van der Waals surface area contributed by atoms with E-state index in [9.17, 15) is 18.0 Å². The van der Waals surface area contributed by atoms with Crippen molar-refractivity contribution in [2.45, 2.75) is 10.4 Å². The van der Waals surface area contributed by atoms with E-state index in [1.807, 2.05) is 0 Å². The van der Waals surface area contributed by atoms with Gasteiger partial charge in [-0.15, -0.1) is 0 Å². The van der Waals surface area contributed by atoms with Gasteiger partial charge in [-0.25, -0.2) is 0 Å². The van der Waals surface area contributed by atoms with Crippen molar-refractivity contribution in [3.63, 3.8) is 0 Å². The lowest BCUT2D eigenvalue weighted by Crippen LogP contribution is -1.98. The summed E-state index contributed by atoms with van der Waals surface area (Å²) >= 11 is -0.174. The van der Waals surface area contributed by atoms with Gasteiger partial charge in [0.25, 0.3) is 0 Å². The fourth-order valence-electron chi connectivity index (χ4n) is 0.966. The van der Waals surface area contributed by atoms with E-state index < -0.39 is 5.51 Å². The van der Waals surface area contributed by atoms with E-state index >= 15 is 0 Å². The predicted molar refractivity (Wildman–Crippen MR) is 53.5 cm³/mol. The zero-order chi connectivity index (χ0) is 11.3. The summed E-state index contributed by atoms with van der Waals surface area (Å²) in [6.07, 6.45) is 3.26. The van der Waals surface area contributed by atoms with Crippen LogP contribution in [0.25, 0.3) is 6.08 Å². The van der Waals surface area contributed by atoms with Gasteiger partial charge in [-0.3, -0.25) is 4.79 Å². The number of carbonyl (C=O) groups is 1. The van der Waals surface area contributed by atoms with E-state index in [1.54, 1.807) is 6.07 Å². The van der Waals surface area contributed by atoms with Crippen molar-refractivity contribution in [1.82, 2.24) is 0 Å². The van der Waals surface area contributed by atoms with Gasteiger partial charge in [-0.2, -0.15) is 13.2 Å². The summed E-state index contributed by atoms with van der Waals surface area (Å²) in [5, 5.41) is 0. The fraction of sp³-hybridized carbons (Fsp3) is 0.100. The number of thioether (sulfide) groups is 1. The van der Waals surface area contributed by atoms with Crippen molar-refractivity contribution in [2.24, 2.45) is 0 Å². The standard InChI is InChI=1S/C10H7F3OS/c11-10(12,13)15-9-5-1-3-8(7-9)4-2-6-14/h1-7H. The molecule has 1 aromatic rings. The average Bonchev–Trinajstić information content (AvgIpc) is 2.12. The van der Waals surface area contributed by atoms with E-state index in [-0.39, 0.29) is 16.7 Å². The minimum absolute atomic E-state index is 0.107. The van der Waals surface area contributed by atoms with Crippen LogP contribution in [0.4, 0.5) is 13.2 Å². The van der Waals surface area contributed by atoms with Gasteiger partial charge in [-0.1, -0.05) is 18.2 Å². The maximum atomic E-state index is 12.0. The molecule has 0 aromatic heterocycles. The maximum absolute atomic E-state index is 12.0. The molecule has 0 heterocycles. The van der Waals surface area contributed by atoms with Crippen LogP contribution >= 0.6 is 11.8 Å². The first-order valence-corrected chi connectivity index (χ1v) is 4.80. The molecule has 0 fully saturated rings. The Morgan fingerprint density at radius 3 is 2.60 bits per heavy atom. The first kappa shape index (κ1) is 11.8. The van der Waals surface area contributed by atoms with Gasteiger partial charge in [0.15, 0.2) is 0 Å². The third-order valence-corrected chi connectivity index (χ3v) is 2.18. The van der Waals surface area contributed by atoms with Crippen LogP contribution in [-0.4, -0.2) is 11.8 Å². The zero-order valence-electron chi connectivity index (χ0n) is 7.49. The summed E-state index contributed by atoms with van der Waals surface area (Å²) in [6.45, 7) is 0. The van der Waals surface area contributed by atoms with Crippen LogP contribution < -0.4 is 0 Å². The molecule has 5 heteroatoms. The number of hydrogen-bond acceptors (Lipinski definition) is 2. The maximum Gasteiger partial charge on any atom is 0.446 e. The topological polar surface area (TPSA) is 17.1 Å². The minimum Gasteiger partial charge on any atom is -0.299 e. The van der Waals surface area contributed by atoms with Crippen LogP contribution in [0.15, 0.2) is 35.2 Å². The number of aldehydes is 1. The van der Waals surface area contributed by atoms with Gasteiger partial charge < -0.3 is 0 Å². The van der Waals surface area contributed by atoms with Crippen LogP contribution in [-0.2, 0) is 4.79 Å². The summed E-state index contributed by atoms with van der Waals surface area (Å²) < 4.78 is 36.0. The minimum atomic E-state index is -4.28. The van der Waals surface area contributed by atoms with Gasteiger partial charge >= 0.3 is 5.51 Å². The molecule has 1 rings (SSSR count). The van der Waals surface area contributed by atoms with Crippen molar-refractivity contribution in [2.75, 3.05) is 0 Å². The molecule has 80 valence electrons.